The minimum Gasteiger partial charge on any atom is -0.326 e. The molecule has 2 aromatic rings. The van der Waals surface area contributed by atoms with Crippen LogP contribution >= 0.6 is 27.5 Å². The van der Waals surface area contributed by atoms with E-state index in [-0.39, 0.29) is 5.82 Å². The molecule has 0 radical (unpaired) electrons. The van der Waals surface area contributed by atoms with Gasteiger partial charge in [0.25, 0.3) is 0 Å². The van der Waals surface area contributed by atoms with Crippen LogP contribution < -0.4 is 5.73 Å². The van der Waals surface area contributed by atoms with Crippen molar-refractivity contribution in [2.75, 3.05) is 0 Å². The maximum Gasteiger partial charge on any atom is 0.131 e. The van der Waals surface area contributed by atoms with Gasteiger partial charge in [-0.2, -0.15) is 0 Å². The summed E-state index contributed by atoms with van der Waals surface area (Å²) in [6, 6.07) is 10.2. The molecule has 0 aliphatic carbocycles. The zero-order chi connectivity index (χ0) is 12.4. The molecule has 0 unspecified atom stereocenters. The van der Waals surface area contributed by atoms with Gasteiger partial charge < -0.3 is 5.73 Å². The number of nitrogens with two attached hydrogens (primary N) is 1. The van der Waals surface area contributed by atoms with Gasteiger partial charge >= 0.3 is 0 Å². The smallest absolute Gasteiger partial charge is 0.131 e. The summed E-state index contributed by atoms with van der Waals surface area (Å²) < 4.78 is 14.5. The second-order valence-electron chi connectivity index (χ2n) is 3.63. The Balaban J connectivity index is 2.53. The summed E-state index contributed by atoms with van der Waals surface area (Å²) in [4.78, 5) is 0. The molecule has 0 spiro atoms. The molecule has 17 heavy (non-hydrogen) atoms. The second kappa shape index (κ2) is 5.17. The van der Waals surface area contributed by atoms with Crippen LogP contribution in [0.1, 0.15) is 5.56 Å². The van der Waals surface area contributed by atoms with Crippen molar-refractivity contribution in [2.24, 2.45) is 5.73 Å². The van der Waals surface area contributed by atoms with Crippen molar-refractivity contribution < 1.29 is 4.39 Å². The van der Waals surface area contributed by atoms with E-state index in [4.69, 9.17) is 17.3 Å². The second-order valence-corrected chi connectivity index (χ2v) is 4.96. The Morgan fingerprint density at radius 1 is 1.18 bits per heavy atom. The number of rotatable bonds is 2. The first-order chi connectivity index (χ1) is 8.11. The third-order valence-corrected chi connectivity index (χ3v) is 3.36. The van der Waals surface area contributed by atoms with Crippen molar-refractivity contribution >= 4 is 27.5 Å². The van der Waals surface area contributed by atoms with Crippen LogP contribution in [0.4, 0.5) is 4.39 Å². The molecule has 0 fully saturated rings. The van der Waals surface area contributed by atoms with Gasteiger partial charge in [0, 0.05) is 21.6 Å². The van der Waals surface area contributed by atoms with Crippen LogP contribution in [0.3, 0.4) is 0 Å². The zero-order valence-corrected chi connectivity index (χ0v) is 11.2. The van der Waals surface area contributed by atoms with Gasteiger partial charge in [0.15, 0.2) is 0 Å². The van der Waals surface area contributed by atoms with E-state index in [0.717, 1.165) is 15.6 Å². The van der Waals surface area contributed by atoms with Gasteiger partial charge in [0.1, 0.15) is 5.82 Å². The highest BCUT2D eigenvalue weighted by Gasteiger charge is 2.07. The minimum atomic E-state index is -0.273. The molecule has 4 heteroatoms. The summed E-state index contributed by atoms with van der Waals surface area (Å²) in [6.07, 6.45) is 0. The van der Waals surface area contributed by atoms with E-state index in [1.807, 2.05) is 12.1 Å². The zero-order valence-electron chi connectivity index (χ0n) is 8.88. The quantitative estimate of drug-likeness (QED) is 0.875. The molecule has 2 rings (SSSR count). The monoisotopic (exact) mass is 313 g/mol. The highest BCUT2D eigenvalue weighted by molar-refractivity contribution is 9.10. The third kappa shape index (κ3) is 2.68. The van der Waals surface area contributed by atoms with E-state index in [1.54, 1.807) is 18.2 Å². The number of hydrogen-bond acceptors (Lipinski definition) is 1. The normalized spacial score (nSPS) is 10.6. The summed E-state index contributed by atoms with van der Waals surface area (Å²) in [7, 11) is 0. The number of hydrogen-bond donors (Lipinski definition) is 1. The first-order valence-corrected chi connectivity index (χ1v) is 6.23. The van der Waals surface area contributed by atoms with Gasteiger partial charge in [0.2, 0.25) is 0 Å². The fraction of sp³-hybridized carbons (Fsp3) is 0.0769. The summed E-state index contributed by atoms with van der Waals surface area (Å²) in [6.45, 7) is 0.375. The topological polar surface area (TPSA) is 26.0 Å². The molecule has 0 amide bonds. The molecule has 88 valence electrons. The van der Waals surface area contributed by atoms with Crippen molar-refractivity contribution in [2.45, 2.75) is 6.54 Å². The maximum absolute atomic E-state index is 13.7. The van der Waals surface area contributed by atoms with Crippen LogP contribution in [0.2, 0.25) is 5.02 Å². The van der Waals surface area contributed by atoms with Crippen molar-refractivity contribution in [1.82, 2.24) is 0 Å². The Kier molecular flexibility index (Phi) is 3.82. The summed E-state index contributed by atoms with van der Waals surface area (Å²) in [5.74, 6) is -0.273. The fourth-order valence-corrected chi connectivity index (χ4v) is 2.22. The predicted molar refractivity (Wildman–Crippen MR) is 72.4 cm³/mol. The van der Waals surface area contributed by atoms with Gasteiger partial charge in [-0.05, 0) is 35.4 Å². The first kappa shape index (κ1) is 12.6. The van der Waals surface area contributed by atoms with Crippen molar-refractivity contribution in [3.8, 4) is 11.1 Å². The van der Waals surface area contributed by atoms with Crippen LogP contribution in [-0.4, -0.2) is 0 Å². The molecule has 2 N–H and O–H groups in total. The highest BCUT2D eigenvalue weighted by atomic mass is 79.9. The van der Waals surface area contributed by atoms with E-state index in [1.165, 1.54) is 6.07 Å². The number of benzene rings is 2. The molecule has 0 bridgehead atoms. The Morgan fingerprint density at radius 3 is 2.59 bits per heavy atom. The maximum atomic E-state index is 13.7. The van der Waals surface area contributed by atoms with Gasteiger partial charge in [-0.25, -0.2) is 4.39 Å². The predicted octanol–water partition coefficient (Wildman–Crippen LogP) is 4.37. The molecule has 0 saturated heterocycles. The molecule has 0 heterocycles. The van der Waals surface area contributed by atoms with Crippen LogP contribution in [0.5, 0.6) is 0 Å². The van der Waals surface area contributed by atoms with E-state index in [9.17, 15) is 4.39 Å². The van der Waals surface area contributed by atoms with Crippen molar-refractivity contribution in [3.05, 3.63) is 57.3 Å². The Bertz CT molecular complexity index is 557. The van der Waals surface area contributed by atoms with E-state index >= 15 is 0 Å². The molecular formula is C13H10BrClFN. The lowest BCUT2D eigenvalue weighted by Crippen LogP contribution is -1.97. The van der Waals surface area contributed by atoms with Crippen LogP contribution in [-0.2, 0) is 6.54 Å². The van der Waals surface area contributed by atoms with E-state index in [0.29, 0.717) is 17.1 Å². The molecule has 0 aliphatic rings. The van der Waals surface area contributed by atoms with Crippen molar-refractivity contribution in [3.63, 3.8) is 0 Å². The third-order valence-electron chi connectivity index (χ3n) is 2.51. The molecule has 0 aliphatic heterocycles. The van der Waals surface area contributed by atoms with Crippen molar-refractivity contribution in [1.29, 1.82) is 0 Å². The first-order valence-electron chi connectivity index (χ1n) is 5.05. The Hall–Kier alpha value is -0.900. The standard InChI is InChI=1S/C13H10BrClFN/c14-10-3-4-13(16)11(6-10)8-1-2-9(7-17)12(15)5-8/h1-6H,7,17H2. The molecule has 0 atom stereocenters. The average Bonchev–Trinajstić information content (AvgIpc) is 2.32. The molecule has 0 saturated carbocycles. The van der Waals surface area contributed by atoms with Crippen LogP contribution in [0, 0.1) is 5.82 Å². The van der Waals surface area contributed by atoms with E-state index < -0.39 is 0 Å². The molecule has 1 nitrogen and oxygen atoms in total. The molecular weight excluding hydrogens is 305 g/mol. The fourth-order valence-electron chi connectivity index (χ4n) is 1.60. The van der Waals surface area contributed by atoms with Crippen LogP contribution in [0.25, 0.3) is 11.1 Å². The van der Waals surface area contributed by atoms with Crippen LogP contribution in [0.15, 0.2) is 40.9 Å². The highest BCUT2D eigenvalue weighted by Crippen LogP contribution is 2.29. The summed E-state index contributed by atoms with van der Waals surface area (Å²) in [5.41, 5.74) is 7.64. The van der Waals surface area contributed by atoms with Gasteiger partial charge in [-0.1, -0.05) is 39.7 Å². The lowest BCUT2D eigenvalue weighted by Gasteiger charge is -2.07. The summed E-state index contributed by atoms with van der Waals surface area (Å²) >= 11 is 9.38. The van der Waals surface area contributed by atoms with Gasteiger partial charge in [0.05, 0.1) is 0 Å². The lowest BCUT2D eigenvalue weighted by molar-refractivity contribution is 0.631. The average molecular weight is 315 g/mol. The minimum absolute atomic E-state index is 0.273. The van der Waals surface area contributed by atoms with Gasteiger partial charge in [-0.3, -0.25) is 0 Å². The SMILES string of the molecule is NCc1ccc(-c2cc(Br)ccc2F)cc1Cl. The number of halogens is 3. The van der Waals surface area contributed by atoms with E-state index in [2.05, 4.69) is 15.9 Å². The molecule has 2 aromatic carbocycles. The Morgan fingerprint density at radius 2 is 1.94 bits per heavy atom. The molecule has 0 aromatic heterocycles. The lowest BCUT2D eigenvalue weighted by atomic mass is 10.0. The largest absolute Gasteiger partial charge is 0.326 e. The Labute approximate surface area is 113 Å². The van der Waals surface area contributed by atoms with Gasteiger partial charge in [-0.15, -0.1) is 0 Å². The summed E-state index contributed by atoms with van der Waals surface area (Å²) in [5, 5.41) is 0.560.